The number of carbonyl (C=O) groups excluding carboxylic acids is 1. The zero-order valence-corrected chi connectivity index (χ0v) is 19.3. The van der Waals surface area contributed by atoms with E-state index in [1.165, 1.54) is 18.2 Å². The first-order valence-corrected chi connectivity index (χ1v) is 11.4. The predicted octanol–water partition coefficient (Wildman–Crippen LogP) is 5.20. The van der Waals surface area contributed by atoms with Gasteiger partial charge >= 0.3 is 5.97 Å². The van der Waals surface area contributed by atoms with Gasteiger partial charge < -0.3 is 9.47 Å². The summed E-state index contributed by atoms with van der Waals surface area (Å²) >= 11 is 0. The summed E-state index contributed by atoms with van der Waals surface area (Å²) in [6.07, 6.45) is 4.83. The summed E-state index contributed by atoms with van der Waals surface area (Å²) in [6.45, 7) is 2.08. The molecule has 1 aliphatic carbocycles. The van der Waals surface area contributed by atoms with Crippen LogP contribution in [0.5, 0.6) is 5.75 Å². The largest absolute Gasteiger partial charge is 0.489 e. The van der Waals surface area contributed by atoms with Crippen LogP contribution < -0.4 is 4.74 Å². The second kappa shape index (κ2) is 8.74. The molecule has 0 saturated carbocycles. The Kier molecular flexibility index (Phi) is 5.63. The summed E-state index contributed by atoms with van der Waals surface area (Å²) in [7, 11) is 3.38. The van der Waals surface area contributed by atoms with E-state index in [0.29, 0.717) is 12.8 Å². The Balaban J connectivity index is 1.52. The van der Waals surface area contributed by atoms with E-state index < -0.39 is 0 Å². The molecule has 0 aliphatic heterocycles. The van der Waals surface area contributed by atoms with E-state index in [4.69, 9.17) is 9.47 Å². The Morgan fingerprint density at radius 1 is 1.09 bits per heavy atom. The number of benzene rings is 3. The van der Waals surface area contributed by atoms with Crippen molar-refractivity contribution in [1.82, 2.24) is 9.78 Å². The third kappa shape index (κ3) is 4.23. The van der Waals surface area contributed by atoms with Crippen LogP contribution in [0.25, 0.3) is 22.0 Å². The maximum absolute atomic E-state index is 11.7. The summed E-state index contributed by atoms with van der Waals surface area (Å²) in [6, 6.07) is 19.2. The number of methoxy groups -OCH3 is 1. The molecule has 0 radical (unpaired) electrons. The van der Waals surface area contributed by atoms with E-state index in [1.54, 1.807) is 0 Å². The molecule has 1 aliphatic rings. The van der Waals surface area contributed by atoms with Gasteiger partial charge in [0.1, 0.15) is 11.9 Å². The van der Waals surface area contributed by atoms with Crippen LogP contribution in [-0.4, -0.2) is 29.0 Å². The minimum atomic E-state index is -0.197. The highest BCUT2D eigenvalue weighted by Crippen LogP contribution is 2.37. The van der Waals surface area contributed by atoms with Crippen LogP contribution in [-0.2, 0) is 35.8 Å². The lowest BCUT2D eigenvalue weighted by Gasteiger charge is -2.20. The quantitative estimate of drug-likeness (QED) is 0.387. The maximum atomic E-state index is 11.7. The molecule has 33 heavy (non-hydrogen) atoms. The van der Waals surface area contributed by atoms with Crippen molar-refractivity contribution in [2.45, 2.75) is 38.7 Å². The average Bonchev–Trinajstić information content (AvgIpc) is 3.40. The van der Waals surface area contributed by atoms with Crippen molar-refractivity contribution in [3.8, 4) is 16.9 Å². The van der Waals surface area contributed by atoms with Crippen LogP contribution in [0.4, 0.5) is 0 Å². The number of aromatic nitrogens is 2. The zero-order chi connectivity index (χ0) is 22.9. The molecular weight excluding hydrogens is 412 g/mol. The van der Waals surface area contributed by atoms with E-state index >= 15 is 0 Å². The van der Waals surface area contributed by atoms with Crippen molar-refractivity contribution in [1.29, 1.82) is 0 Å². The van der Waals surface area contributed by atoms with Crippen molar-refractivity contribution in [2.75, 3.05) is 7.11 Å². The number of ether oxygens (including phenoxy) is 2. The highest BCUT2D eigenvalue weighted by Gasteiger charge is 2.24. The zero-order valence-electron chi connectivity index (χ0n) is 19.3. The van der Waals surface area contributed by atoms with Gasteiger partial charge in [0, 0.05) is 37.3 Å². The molecule has 1 heterocycles. The molecule has 0 fully saturated rings. The lowest BCUT2D eigenvalue weighted by molar-refractivity contribution is -0.140. The monoisotopic (exact) mass is 440 g/mol. The second-order valence-corrected chi connectivity index (χ2v) is 8.81. The molecule has 168 valence electrons. The molecule has 0 spiro atoms. The van der Waals surface area contributed by atoms with Crippen LogP contribution in [0.1, 0.15) is 28.7 Å². The molecule has 0 atom stereocenters. The molecule has 0 unspecified atom stereocenters. The molecule has 0 N–H and O–H groups in total. The lowest BCUT2D eigenvalue weighted by atomic mass is 9.95. The first-order valence-electron chi connectivity index (χ1n) is 11.4. The van der Waals surface area contributed by atoms with Gasteiger partial charge in [0.15, 0.2) is 0 Å². The highest BCUT2D eigenvalue weighted by molar-refractivity contribution is 5.86. The number of fused-ring (bicyclic) bond motifs is 2. The Bertz CT molecular complexity index is 1310. The Morgan fingerprint density at radius 3 is 2.58 bits per heavy atom. The van der Waals surface area contributed by atoms with Crippen LogP contribution in [0.3, 0.4) is 0 Å². The fourth-order valence-electron chi connectivity index (χ4n) is 4.77. The summed E-state index contributed by atoms with van der Waals surface area (Å²) in [5.74, 6) is 0.687. The average molecular weight is 441 g/mol. The standard InChI is InChI=1S/C28H28N2O3/c1-18-12-27(33-24-14-20-6-4-5-7-21(20)15-24)25(16-19(18)9-11-28(31)32-3)22-8-10-26-23(13-22)17-29-30(26)2/h4-8,10,12-13,16-17,24H,9,11,14-15H2,1-3H3. The van der Waals surface area contributed by atoms with E-state index in [1.807, 2.05) is 17.9 Å². The molecule has 0 bridgehead atoms. The molecule has 4 aromatic rings. The van der Waals surface area contributed by atoms with Gasteiger partial charge in [0.25, 0.3) is 0 Å². The summed E-state index contributed by atoms with van der Waals surface area (Å²) < 4.78 is 13.4. The van der Waals surface area contributed by atoms with E-state index in [9.17, 15) is 4.79 Å². The SMILES string of the molecule is COC(=O)CCc1cc(-c2ccc3c(cnn3C)c2)c(OC2Cc3ccccc3C2)cc1C. The lowest BCUT2D eigenvalue weighted by Crippen LogP contribution is -2.17. The van der Waals surface area contributed by atoms with Gasteiger partial charge in [-0.3, -0.25) is 9.48 Å². The number of hydrogen-bond acceptors (Lipinski definition) is 4. The third-order valence-electron chi connectivity index (χ3n) is 6.63. The number of nitrogens with zero attached hydrogens (tertiary/aromatic N) is 2. The number of esters is 1. The van der Waals surface area contributed by atoms with E-state index in [2.05, 4.69) is 66.6 Å². The Hall–Kier alpha value is -3.60. The highest BCUT2D eigenvalue weighted by atomic mass is 16.5. The Labute approximate surface area is 194 Å². The minimum Gasteiger partial charge on any atom is -0.489 e. The van der Waals surface area contributed by atoms with E-state index in [-0.39, 0.29) is 12.1 Å². The predicted molar refractivity (Wildman–Crippen MR) is 129 cm³/mol. The number of hydrogen-bond donors (Lipinski definition) is 0. The van der Waals surface area contributed by atoms with Crippen LogP contribution in [0, 0.1) is 6.92 Å². The molecule has 3 aromatic carbocycles. The van der Waals surface area contributed by atoms with Crippen molar-refractivity contribution >= 4 is 16.9 Å². The van der Waals surface area contributed by atoms with Crippen molar-refractivity contribution in [2.24, 2.45) is 7.05 Å². The summed E-state index contributed by atoms with van der Waals surface area (Å²) in [4.78, 5) is 11.7. The molecule has 5 heteroatoms. The fourth-order valence-corrected chi connectivity index (χ4v) is 4.77. The summed E-state index contributed by atoms with van der Waals surface area (Å²) in [5.41, 5.74) is 8.20. The fraction of sp³-hybridized carbons (Fsp3) is 0.286. The van der Waals surface area contributed by atoms with Crippen LogP contribution >= 0.6 is 0 Å². The van der Waals surface area contributed by atoms with Crippen molar-refractivity contribution in [3.05, 3.63) is 83.0 Å². The van der Waals surface area contributed by atoms with Gasteiger partial charge in [-0.25, -0.2) is 0 Å². The first-order chi connectivity index (χ1) is 16.0. The molecule has 1 aromatic heterocycles. The van der Waals surface area contributed by atoms with Gasteiger partial charge in [0.2, 0.25) is 0 Å². The Morgan fingerprint density at radius 2 is 1.85 bits per heavy atom. The second-order valence-electron chi connectivity index (χ2n) is 8.81. The topological polar surface area (TPSA) is 53.3 Å². The van der Waals surface area contributed by atoms with Gasteiger partial charge in [-0.1, -0.05) is 30.3 Å². The first kappa shape index (κ1) is 21.3. The van der Waals surface area contributed by atoms with Gasteiger partial charge in [-0.2, -0.15) is 5.10 Å². The van der Waals surface area contributed by atoms with Crippen molar-refractivity contribution < 1.29 is 14.3 Å². The molecular formula is C28H28N2O3. The smallest absolute Gasteiger partial charge is 0.305 e. The normalized spacial score (nSPS) is 13.3. The third-order valence-corrected chi connectivity index (χ3v) is 6.63. The number of carbonyl (C=O) groups is 1. The summed E-state index contributed by atoms with van der Waals surface area (Å²) in [5, 5.41) is 5.47. The molecule has 0 amide bonds. The molecule has 5 rings (SSSR count). The number of rotatable bonds is 6. The molecule has 0 saturated heterocycles. The van der Waals surface area contributed by atoms with Crippen molar-refractivity contribution in [3.63, 3.8) is 0 Å². The minimum absolute atomic E-state index is 0.114. The van der Waals surface area contributed by atoms with Gasteiger partial charge in [-0.15, -0.1) is 0 Å². The van der Waals surface area contributed by atoms with Crippen LogP contribution in [0.2, 0.25) is 0 Å². The van der Waals surface area contributed by atoms with Gasteiger partial charge in [0.05, 0.1) is 18.8 Å². The van der Waals surface area contributed by atoms with Crippen LogP contribution in [0.15, 0.2) is 60.8 Å². The molecule has 5 nitrogen and oxygen atoms in total. The maximum Gasteiger partial charge on any atom is 0.305 e. The van der Waals surface area contributed by atoms with E-state index in [0.717, 1.165) is 51.7 Å². The number of aryl methyl sites for hydroxylation is 3. The van der Waals surface area contributed by atoms with Gasteiger partial charge in [-0.05, 0) is 65.4 Å².